The summed E-state index contributed by atoms with van der Waals surface area (Å²) in [6, 6.07) is 7.21. The number of benzene rings is 1. The normalized spacial score (nSPS) is 18.7. The van der Waals surface area contributed by atoms with Crippen LogP contribution in [0.25, 0.3) is 0 Å². The van der Waals surface area contributed by atoms with Crippen molar-refractivity contribution in [3.63, 3.8) is 0 Å². The van der Waals surface area contributed by atoms with E-state index in [1.807, 2.05) is 58.4 Å². The van der Waals surface area contributed by atoms with Crippen molar-refractivity contribution in [2.24, 2.45) is 0 Å². The van der Waals surface area contributed by atoms with Gasteiger partial charge in [0.25, 0.3) is 0 Å². The third-order valence-corrected chi connectivity index (χ3v) is 8.83. The highest BCUT2D eigenvalue weighted by Crippen LogP contribution is 2.31. The number of hydrogen-bond donors (Lipinski definition) is 1. The van der Waals surface area contributed by atoms with Crippen molar-refractivity contribution in [2.75, 3.05) is 27.2 Å². The van der Waals surface area contributed by atoms with Gasteiger partial charge in [0.05, 0.1) is 10.9 Å². The number of amides is 1. The predicted octanol–water partition coefficient (Wildman–Crippen LogP) is 3.25. The molecule has 0 saturated carbocycles. The van der Waals surface area contributed by atoms with E-state index in [1.165, 1.54) is 9.18 Å². The highest BCUT2D eigenvalue weighted by molar-refractivity contribution is 7.89. The first-order valence-electron chi connectivity index (χ1n) is 10.2. The quantitative estimate of drug-likeness (QED) is 0.705. The van der Waals surface area contributed by atoms with Crippen LogP contribution in [0.1, 0.15) is 40.5 Å². The first kappa shape index (κ1) is 22.9. The summed E-state index contributed by atoms with van der Waals surface area (Å²) >= 11 is 1.65. The molecule has 6 nitrogen and oxygen atoms in total. The van der Waals surface area contributed by atoms with E-state index < -0.39 is 16.1 Å². The minimum absolute atomic E-state index is 0.0574. The third-order valence-electron chi connectivity index (χ3n) is 5.64. The van der Waals surface area contributed by atoms with Gasteiger partial charge in [-0.1, -0.05) is 23.8 Å². The molecule has 1 fully saturated rings. The van der Waals surface area contributed by atoms with Crippen LogP contribution in [0.15, 0.2) is 34.5 Å². The summed E-state index contributed by atoms with van der Waals surface area (Å²) in [5.74, 6) is -0.220. The Hall–Kier alpha value is -1.74. The second kappa shape index (κ2) is 9.18. The molecule has 2 unspecified atom stereocenters. The van der Waals surface area contributed by atoms with Crippen molar-refractivity contribution in [1.82, 2.24) is 14.5 Å². The molecule has 1 aliphatic heterocycles. The summed E-state index contributed by atoms with van der Waals surface area (Å²) in [5, 5.41) is 5.03. The lowest BCUT2D eigenvalue weighted by Gasteiger charge is -2.27. The molecule has 1 aromatic heterocycles. The Morgan fingerprint density at radius 1 is 1.27 bits per heavy atom. The van der Waals surface area contributed by atoms with Crippen LogP contribution < -0.4 is 5.32 Å². The monoisotopic (exact) mass is 449 g/mol. The molecule has 0 spiro atoms. The summed E-state index contributed by atoms with van der Waals surface area (Å²) < 4.78 is 28.3. The zero-order valence-corrected chi connectivity index (χ0v) is 19.9. The number of aryl methyl sites for hydroxylation is 3. The van der Waals surface area contributed by atoms with Gasteiger partial charge in [0.2, 0.25) is 15.9 Å². The fourth-order valence-electron chi connectivity index (χ4n) is 4.31. The molecule has 1 aromatic carbocycles. The molecule has 1 amide bonds. The lowest BCUT2D eigenvalue weighted by molar-refractivity contribution is -0.124. The summed E-state index contributed by atoms with van der Waals surface area (Å²) in [5.41, 5.74) is 2.48. The standard InChI is InChI=1S/C22H31N3O3S2/c1-15-12-16(2)21(17(3)13-15)30(27,28)25-10-6-8-18(25)22(26)23-14-19(24(4)5)20-9-7-11-29-20/h7,9,11-13,18-19H,6,8,10,14H2,1-5H3,(H,23,26). The van der Waals surface area contributed by atoms with Crippen LogP contribution in [0.4, 0.5) is 0 Å². The van der Waals surface area contributed by atoms with Gasteiger partial charge >= 0.3 is 0 Å². The number of carbonyl (C=O) groups is 1. The van der Waals surface area contributed by atoms with Gasteiger partial charge in [0, 0.05) is 18.0 Å². The van der Waals surface area contributed by atoms with Gasteiger partial charge in [-0.3, -0.25) is 4.79 Å². The minimum Gasteiger partial charge on any atom is -0.353 e. The Labute approximate surface area is 183 Å². The number of sulfonamides is 1. The number of carbonyl (C=O) groups excluding carboxylic acids is 1. The molecule has 8 heteroatoms. The Morgan fingerprint density at radius 3 is 2.50 bits per heavy atom. The first-order chi connectivity index (χ1) is 14.1. The molecule has 3 rings (SSSR count). The van der Waals surface area contributed by atoms with Crippen molar-refractivity contribution < 1.29 is 13.2 Å². The first-order valence-corrected chi connectivity index (χ1v) is 12.5. The Kier molecular flexibility index (Phi) is 7.02. The zero-order chi connectivity index (χ0) is 22.1. The Balaban J connectivity index is 1.79. The van der Waals surface area contributed by atoms with Crippen molar-refractivity contribution in [2.45, 2.75) is 50.6 Å². The number of rotatable bonds is 7. The van der Waals surface area contributed by atoms with Gasteiger partial charge < -0.3 is 10.2 Å². The highest BCUT2D eigenvalue weighted by atomic mass is 32.2. The Bertz CT molecular complexity index is 978. The van der Waals surface area contributed by atoms with Crippen LogP contribution in [-0.2, 0) is 14.8 Å². The summed E-state index contributed by atoms with van der Waals surface area (Å²) in [6.45, 7) is 6.41. The molecule has 2 aromatic rings. The van der Waals surface area contributed by atoms with E-state index in [0.717, 1.165) is 16.7 Å². The molecule has 30 heavy (non-hydrogen) atoms. The molecule has 1 N–H and O–H groups in total. The average molecular weight is 450 g/mol. The summed E-state index contributed by atoms with van der Waals surface area (Å²) in [4.78, 5) is 16.6. The van der Waals surface area contributed by atoms with Crippen LogP contribution >= 0.6 is 11.3 Å². The fourth-order valence-corrected chi connectivity index (χ4v) is 7.31. The van der Waals surface area contributed by atoms with Gasteiger partial charge in [-0.05, 0) is 70.3 Å². The molecule has 2 atom stereocenters. The summed E-state index contributed by atoms with van der Waals surface area (Å²) in [7, 11) is 0.211. The van der Waals surface area contributed by atoms with E-state index in [1.54, 1.807) is 11.3 Å². The highest BCUT2D eigenvalue weighted by Gasteiger charge is 2.40. The van der Waals surface area contributed by atoms with E-state index in [-0.39, 0.29) is 11.9 Å². The van der Waals surface area contributed by atoms with Crippen molar-refractivity contribution in [1.29, 1.82) is 0 Å². The maximum Gasteiger partial charge on any atom is 0.244 e. The molecule has 164 valence electrons. The average Bonchev–Trinajstić information content (AvgIpc) is 3.32. The van der Waals surface area contributed by atoms with Gasteiger partial charge in [-0.15, -0.1) is 11.3 Å². The fraction of sp³-hybridized carbons (Fsp3) is 0.500. The smallest absolute Gasteiger partial charge is 0.244 e. The van der Waals surface area contributed by atoms with Crippen LogP contribution in [0.2, 0.25) is 0 Å². The number of likely N-dealkylation sites (N-methyl/N-ethyl adjacent to an activating group) is 1. The molecule has 0 aliphatic carbocycles. The maximum atomic E-state index is 13.5. The van der Waals surface area contributed by atoms with E-state index in [4.69, 9.17) is 0 Å². The second-order valence-corrected chi connectivity index (χ2v) is 11.0. The molecule has 2 heterocycles. The van der Waals surface area contributed by atoms with Crippen LogP contribution in [0.3, 0.4) is 0 Å². The van der Waals surface area contributed by atoms with Crippen molar-refractivity contribution >= 4 is 27.3 Å². The van der Waals surface area contributed by atoms with Gasteiger partial charge in [-0.2, -0.15) is 4.31 Å². The lowest BCUT2D eigenvalue weighted by atomic mass is 10.1. The SMILES string of the molecule is Cc1cc(C)c(S(=O)(=O)N2CCCC2C(=O)NCC(c2cccs2)N(C)C)c(C)c1. The van der Waals surface area contributed by atoms with E-state index in [9.17, 15) is 13.2 Å². The lowest BCUT2D eigenvalue weighted by Crippen LogP contribution is -2.47. The molecular weight excluding hydrogens is 418 g/mol. The van der Waals surface area contributed by atoms with E-state index in [2.05, 4.69) is 16.3 Å². The minimum atomic E-state index is -3.74. The number of hydrogen-bond acceptors (Lipinski definition) is 5. The molecule has 1 aliphatic rings. The number of thiophene rings is 1. The molecule has 0 bridgehead atoms. The van der Waals surface area contributed by atoms with Gasteiger partial charge in [0.1, 0.15) is 6.04 Å². The van der Waals surface area contributed by atoms with E-state index in [0.29, 0.717) is 30.8 Å². The number of nitrogens with zero attached hydrogens (tertiary/aromatic N) is 2. The molecule has 0 radical (unpaired) electrons. The zero-order valence-electron chi connectivity index (χ0n) is 18.3. The molecular formula is C22H31N3O3S2. The Morgan fingerprint density at radius 2 is 1.93 bits per heavy atom. The van der Waals surface area contributed by atoms with Crippen LogP contribution in [0.5, 0.6) is 0 Å². The largest absolute Gasteiger partial charge is 0.353 e. The van der Waals surface area contributed by atoms with Crippen LogP contribution in [-0.4, -0.2) is 56.8 Å². The third kappa shape index (κ3) is 4.61. The predicted molar refractivity (Wildman–Crippen MR) is 121 cm³/mol. The van der Waals surface area contributed by atoms with Gasteiger partial charge in [0.15, 0.2) is 0 Å². The van der Waals surface area contributed by atoms with Crippen molar-refractivity contribution in [3.05, 3.63) is 51.2 Å². The maximum absolute atomic E-state index is 13.5. The summed E-state index contributed by atoms with van der Waals surface area (Å²) in [6.07, 6.45) is 1.23. The van der Waals surface area contributed by atoms with Crippen LogP contribution in [0, 0.1) is 20.8 Å². The second-order valence-electron chi connectivity index (χ2n) is 8.24. The van der Waals surface area contributed by atoms with Crippen molar-refractivity contribution in [3.8, 4) is 0 Å². The number of nitrogens with one attached hydrogen (secondary N) is 1. The molecule has 1 saturated heterocycles. The van der Waals surface area contributed by atoms with E-state index >= 15 is 0 Å². The topological polar surface area (TPSA) is 69.7 Å². The van der Waals surface area contributed by atoms with Gasteiger partial charge in [-0.25, -0.2) is 8.42 Å².